The molecule has 0 spiro atoms. The summed E-state index contributed by atoms with van der Waals surface area (Å²) in [7, 11) is -3.41. The van der Waals surface area contributed by atoms with E-state index in [9.17, 15) is 8.42 Å². The van der Waals surface area contributed by atoms with E-state index in [1.54, 1.807) is 12.1 Å². The van der Waals surface area contributed by atoms with E-state index in [1.165, 1.54) is 12.8 Å². The molecule has 116 valence electrons. The first kappa shape index (κ1) is 14.8. The van der Waals surface area contributed by atoms with Crippen LogP contribution in [0.2, 0.25) is 0 Å². The Morgan fingerprint density at radius 3 is 3.00 bits per heavy atom. The van der Waals surface area contributed by atoms with Gasteiger partial charge in [-0.3, -0.25) is 0 Å². The summed E-state index contributed by atoms with van der Waals surface area (Å²) in [5, 5.41) is 3.23. The number of hydrogen-bond donors (Lipinski definition) is 2. The second kappa shape index (κ2) is 6.34. The van der Waals surface area contributed by atoms with Crippen LogP contribution in [0.25, 0.3) is 0 Å². The molecule has 1 aliphatic heterocycles. The zero-order valence-corrected chi connectivity index (χ0v) is 12.9. The Bertz CT molecular complexity index is 597. The molecule has 0 atom stereocenters. The number of nitrogens with one attached hydrogen (secondary N) is 2. The van der Waals surface area contributed by atoms with Crippen LogP contribution in [0.3, 0.4) is 0 Å². The van der Waals surface area contributed by atoms with Crippen LogP contribution < -0.4 is 10.0 Å². The predicted octanol–water partition coefficient (Wildman–Crippen LogP) is 1.75. The highest BCUT2D eigenvalue weighted by Crippen LogP contribution is 2.28. The van der Waals surface area contributed by atoms with E-state index in [4.69, 9.17) is 4.74 Å². The fourth-order valence-electron chi connectivity index (χ4n) is 2.45. The van der Waals surface area contributed by atoms with E-state index in [0.717, 1.165) is 36.7 Å². The molecule has 2 N–H and O–H groups in total. The summed E-state index contributed by atoms with van der Waals surface area (Å²) in [6.45, 7) is 2.74. The predicted molar refractivity (Wildman–Crippen MR) is 82.0 cm³/mol. The van der Waals surface area contributed by atoms with Gasteiger partial charge in [-0.1, -0.05) is 0 Å². The smallest absolute Gasteiger partial charge is 0.240 e. The summed E-state index contributed by atoms with van der Waals surface area (Å²) in [6, 6.07) is 5.26. The summed E-state index contributed by atoms with van der Waals surface area (Å²) in [5.41, 5.74) is 2.12. The third-order valence-electron chi connectivity index (χ3n) is 3.90. The van der Waals surface area contributed by atoms with Gasteiger partial charge in [0.25, 0.3) is 0 Å². The number of hydrogen-bond acceptors (Lipinski definition) is 4. The SMILES string of the molecule is O=S(=O)(NCCCOCC1CC1)c1ccc2c(c1)CCN2. The van der Waals surface area contributed by atoms with Crippen LogP contribution in [-0.4, -0.2) is 34.7 Å². The van der Waals surface area contributed by atoms with Gasteiger partial charge in [0.15, 0.2) is 0 Å². The Morgan fingerprint density at radius 2 is 2.19 bits per heavy atom. The quantitative estimate of drug-likeness (QED) is 0.718. The molecule has 0 aromatic heterocycles. The van der Waals surface area contributed by atoms with Crippen LogP contribution in [0.15, 0.2) is 23.1 Å². The maximum Gasteiger partial charge on any atom is 0.240 e. The van der Waals surface area contributed by atoms with Crippen molar-refractivity contribution in [1.29, 1.82) is 0 Å². The molecular weight excluding hydrogens is 288 g/mol. The van der Waals surface area contributed by atoms with Crippen molar-refractivity contribution in [1.82, 2.24) is 4.72 Å². The van der Waals surface area contributed by atoms with Gasteiger partial charge in [0.1, 0.15) is 0 Å². The van der Waals surface area contributed by atoms with Crippen LogP contribution in [0.5, 0.6) is 0 Å². The van der Waals surface area contributed by atoms with Gasteiger partial charge in [0.2, 0.25) is 10.0 Å². The van der Waals surface area contributed by atoms with E-state index >= 15 is 0 Å². The number of ether oxygens (including phenoxy) is 1. The van der Waals surface area contributed by atoms with Crippen LogP contribution in [0.1, 0.15) is 24.8 Å². The third-order valence-corrected chi connectivity index (χ3v) is 5.36. The van der Waals surface area contributed by atoms with Crippen molar-refractivity contribution in [2.24, 2.45) is 5.92 Å². The minimum atomic E-state index is -3.41. The molecule has 5 nitrogen and oxygen atoms in total. The lowest BCUT2D eigenvalue weighted by atomic mass is 10.2. The molecule has 2 aliphatic rings. The average Bonchev–Trinajstić information content (AvgIpc) is 3.17. The number of anilines is 1. The zero-order chi connectivity index (χ0) is 14.7. The molecule has 1 aliphatic carbocycles. The Kier molecular flexibility index (Phi) is 4.47. The second-order valence-corrected chi connectivity index (χ2v) is 7.53. The first-order valence-electron chi connectivity index (χ1n) is 7.59. The largest absolute Gasteiger partial charge is 0.384 e. The van der Waals surface area contributed by atoms with E-state index < -0.39 is 10.0 Å². The molecule has 21 heavy (non-hydrogen) atoms. The van der Waals surface area contributed by atoms with Crippen LogP contribution in [-0.2, 0) is 21.2 Å². The highest BCUT2D eigenvalue weighted by molar-refractivity contribution is 7.89. The summed E-state index contributed by atoms with van der Waals surface area (Å²) in [5.74, 6) is 0.752. The lowest BCUT2D eigenvalue weighted by molar-refractivity contribution is 0.123. The highest BCUT2D eigenvalue weighted by Gasteiger charge is 2.21. The van der Waals surface area contributed by atoms with E-state index in [-0.39, 0.29) is 0 Å². The Morgan fingerprint density at radius 1 is 1.33 bits per heavy atom. The van der Waals surface area contributed by atoms with Crippen LogP contribution >= 0.6 is 0 Å². The molecule has 1 heterocycles. The summed E-state index contributed by atoms with van der Waals surface area (Å²) < 4.78 is 32.6. The molecule has 3 rings (SSSR count). The molecule has 1 aromatic carbocycles. The lowest BCUT2D eigenvalue weighted by Gasteiger charge is -2.08. The third kappa shape index (κ3) is 3.96. The average molecular weight is 310 g/mol. The summed E-state index contributed by atoms with van der Waals surface area (Å²) in [6.07, 6.45) is 4.14. The summed E-state index contributed by atoms with van der Waals surface area (Å²) in [4.78, 5) is 0.351. The van der Waals surface area contributed by atoms with Crippen LogP contribution in [0, 0.1) is 5.92 Å². The maximum absolute atomic E-state index is 12.2. The fourth-order valence-corrected chi connectivity index (χ4v) is 3.57. The monoisotopic (exact) mass is 310 g/mol. The number of fused-ring (bicyclic) bond motifs is 1. The van der Waals surface area contributed by atoms with E-state index in [1.807, 2.05) is 6.07 Å². The standard InChI is InChI=1S/C15H22N2O3S/c18-21(19,17-7-1-9-20-11-12-2-3-12)14-4-5-15-13(10-14)6-8-16-15/h4-5,10,12,16-17H,1-3,6-9,11H2. The number of rotatable bonds is 8. The second-order valence-electron chi connectivity index (χ2n) is 5.77. The molecule has 0 radical (unpaired) electrons. The number of benzene rings is 1. The van der Waals surface area contributed by atoms with Gasteiger partial charge >= 0.3 is 0 Å². The topological polar surface area (TPSA) is 67.4 Å². The van der Waals surface area contributed by atoms with Crippen molar-refractivity contribution in [3.8, 4) is 0 Å². The van der Waals surface area contributed by atoms with Crippen molar-refractivity contribution < 1.29 is 13.2 Å². The first-order chi connectivity index (χ1) is 10.1. The zero-order valence-electron chi connectivity index (χ0n) is 12.1. The lowest BCUT2D eigenvalue weighted by Crippen LogP contribution is -2.25. The van der Waals surface area contributed by atoms with Gasteiger partial charge in [0, 0.05) is 32.0 Å². The van der Waals surface area contributed by atoms with Gasteiger partial charge in [-0.25, -0.2) is 13.1 Å². The van der Waals surface area contributed by atoms with Gasteiger partial charge < -0.3 is 10.1 Å². The van der Waals surface area contributed by atoms with Crippen molar-refractivity contribution >= 4 is 15.7 Å². The van der Waals surface area contributed by atoms with Gasteiger partial charge in [-0.05, 0) is 55.4 Å². The van der Waals surface area contributed by atoms with Crippen molar-refractivity contribution in [3.05, 3.63) is 23.8 Å². The number of sulfonamides is 1. The van der Waals surface area contributed by atoms with Gasteiger partial charge in [-0.2, -0.15) is 0 Å². The van der Waals surface area contributed by atoms with E-state index in [0.29, 0.717) is 24.5 Å². The highest BCUT2D eigenvalue weighted by atomic mass is 32.2. The van der Waals surface area contributed by atoms with Crippen molar-refractivity contribution in [2.75, 3.05) is 31.6 Å². The van der Waals surface area contributed by atoms with Crippen molar-refractivity contribution in [3.63, 3.8) is 0 Å². The van der Waals surface area contributed by atoms with Gasteiger partial charge in [0.05, 0.1) is 4.90 Å². The fraction of sp³-hybridized carbons (Fsp3) is 0.600. The summed E-state index contributed by atoms with van der Waals surface area (Å²) >= 11 is 0. The van der Waals surface area contributed by atoms with Crippen molar-refractivity contribution in [2.45, 2.75) is 30.6 Å². The Labute approximate surface area is 126 Å². The molecule has 6 heteroatoms. The molecule has 0 amide bonds. The molecule has 0 unspecified atom stereocenters. The maximum atomic E-state index is 12.2. The normalized spacial score (nSPS) is 17.5. The van der Waals surface area contributed by atoms with Gasteiger partial charge in [-0.15, -0.1) is 0 Å². The van der Waals surface area contributed by atoms with Crippen LogP contribution in [0.4, 0.5) is 5.69 Å². The molecule has 0 saturated heterocycles. The molecular formula is C15H22N2O3S. The Hall–Kier alpha value is -1.11. The molecule has 0 bridgehead atoms. The minimum Gasteiger partial charge on any atom is -0.384 e. The Balaban J connectivity index is 1.46. The molecule has 1 fully saturated rings. The van der Waals surface area contributed by atoms with E-state index in [2.05, 4.69) is 10.0 Å². The first-order valence-corrected chi connectivity index (χ1v) is 9.08. The minimum absolute atomic E-state index is 0.351. The molecule has 1 saturated carbocycles. The molecule has 1 aromatic rings.